The monoisotopic (exact) mass is 299 g/mol. The lowest BCUT2D eigenvalue weighted by molar-refractivity contribution is -0.118. The molecule has 1 aliphatic heterocycles. The molecular formula is C17H21N3O2. The van der Waals surface area contributed by atoms with Crippen molar-refractivity contribution in [2.45, 2.75) is 26.7 Å². The summed E-state index contributed by atoms with van der Waals surface area (Å²) in [4.78, 5) is 16.9. The fourth-order valence-corrected chi connectivity index (χ4v) is 2.98. The van der Waals surface area contributed by atoms with Crippen molar-refractivity contribution in [2.75, 3.05) is 29.9 Å². The van der Waals surface area contributed by atoms with E-state index in [-0.39, 0.29) is 5.91 Å². The molecule has 5 heteroatoms. The van der Waals surface area contributed by atoms with Crippen LogP contribution >= 0.6 is 0 Å². The normalized spacial score (nSPS) is 14.7. The zero-order valence-electron chi connectivity index (χ0n) is 13.3. The average Bonchev–Trinajstić information content (AvgIpc) is 2.73. The molecule has 0 radical (unpaired) electrons. The van der Waals surface area contributed by atoms with Crippen molar-refractivity contribution in [1.82, 2.24) is 5.16 Å². The van der Waals surface area contributed by atoms with Gasteiger partial charge < -0.3 is 14.3 Å². The van der Waals surface area contributed by atoms with Gasteiger partial charge in [0.25, 0.3) is 0 Å². The Morgan fingerprint density at radius 1 is 1.23 bits per heavy atom. The van der Waals surface area contributed by atoms with E-state index in [2.05, 4.69) is 23.2 Å². The van der Waals surface area contributed by atoms with E-state index in [4.69, 9.17) is 4.52 Å². The van der Waals surface area contributed by atoms with Crippen LogP contribution in [0.25, 0.3) is 0 Å². The minimum Gasteiger partial charge on any atom is -0.373 e. The molecule has 1 aliphatic rings. The highest BCUT2D eigenvalue weighted by molar-refractivity contribution is 5.98. The Bertz CT molecular complexity index is 673. The van der Waals surface area contributed by atoms with E-state index in [0.29, 0.717) is 6.42 Å². The minimum absolute atomic E-state index is 0.0946. The third-order valence-corrected chi connectivity index (χ3v) is 4.27. The molecule has 0 N–H and O–H groups in total. The molecule has 0 atom stereocenters. The van der Waals surface area contributed by atoms with Gasteiger partial charge in [-0.1, -0.05) is 17.3 Å². The number of fused-ring (bicyclic) bond motifs is 1. The van der Waals surface area contributed by atoms with Crippen molar-refractivity contribution >= 4 is 17.3 Å². The number of benzene rings is 1. The molecule has 116 valence electrons. The first-order chi connectivity index (χ1) is 10.6. The van der Waals surface area contributed by atoms with E-state index in [1.54, 1.807) is 0 Å². The zero-order chi connectivity index (χ0) is 15.7. The maximum Gasteiger partial charge on any atom is 0.231 e. The van der Waals surface area contributed by atoms with Crippen LogP contribution in [0.5, 0.6) is 0 Å². The topological polar surface area (TPSA) is 49.6 Å². The number of para-hydroxylation sites is 2. The second kappa shape index (κ2) is 5.83. The van der Waals surface area contributed by atoms with Crippen molar-refractivity contribution in [1.29, 1.82) is 0 Å². The van der Waals surface area contributed by atoms with Crippen LogP contribution in [0.1, 0.15) is 23.4 Å². The van der Waals surface area contributed by atoms with Gasteiger partial charge in [0.15, 0.2) is 0 Å². The Kier molecular flexibility index (Phi) is 3.88. The smallest absolute Gasteiger partial charge is 0.231 e. The summed E-state index contributed by atoms with van der Waals surface area (Å²) in [5.41, 5.74) is 3.79. The third kappa shape index (κ3) is 2.58. The highest BCUT2D eigenvalue weighted by Crippen LogP contribution is 2.31. The first-order valence-corrected chi connectivity index (χ1v) is 7.60. The number of aryl methyl sites for hydroxylation is 2. The maximum atomic E-state index is 12.8. The predicted octanol–water partition coefficient (Wildman–Crippen LogP) is 2.71. The van der Waals surface area contributed by atoms with Crippen LogP contribution in [0.2, 0.25) is 0 Å². The average molecular weight is 299 g/mol. The molecule has 5 nitrogen and oxygen atoms in total. The van der Waals surface area contributed by atoms with E-state index in [1.165, 1.54) is 0 Å². The molecule has 1 amide bonds. The molecule has 2 heterocycles. The van der Waals surface area contributed by atoms with Crippen molar-refractivity contribution in [3.8, 4) is 0 Å². The summed E-state index contributed by atoms with van der Waals surface area (Å²) in [5.74, 6) is 0.822. The third-order valence-electron chi connectivity index (χ3n) is 4.27. The lowest BCUT2D eigenvalue weighted by Gasteiger charge is -2.24. The number of hydrogen-bond donors (Lipinski definition) is 0. The molecular weight excluding hydrogens is 278 g/mol. The van der Waals surface area contributed by atoms with Crippen molar-refractivity contribution in [3.63, 3.8) is 0 Å². The number of rotatable bonds is 2. The molecule has 22 heavy (non-hydrogen) atoms. The Morgan fingerprint density at radius 3 is 2.64 bits per heavy atom. The van der Waals surface area contributed by atoms with Gasteiger partial charge in [-0.15, -0.1) is 0 Å². The lowest BCUT2D eigenvalue weighted by Crippen LogP contribution is -2.33. The second-order valence-corrected chi connectivity index (χ2v) is 5.79. The van der Waals surface area contributed by atoms with Gasteiger partial charge >= 0.3 is 0 Å². The largest absolute Gasteiger partial charge is 0.373 e. The number of carbonyl (C=O) groups is 1. The Morgan fingerprint density at radius 2 is 1.95 bits per heavy atom. The molecule has 0 bridgehead atoms. The van der Waals surface area contributed by atoms with Crippen LogP contribution in [0, 0.1) is 13.8 Å². The molecule has 1 aromatic carbocycles. The first kappa shape index (κ1) is 14.6. The molecule has 0 unspecified atom stereocenters. The summed E-state index contributed by atoms with van der Waals surface area (Å²) in [7, 11) is 2.07. The van der Waals surface area contributed by atoms with Crippen LogP contribution in [0.4, 0.5) is 11.4 Å². The Labute approximate surface area is 130 Å². The van der Waals surface area contributed by atoms with E-state index in [0.717, 1.165) is 47.9 Å². The summed E-state index contributed by atoms with van der Waals surface area (Å²) in [6.45, 7) is 5.42. The fraction of sp³-hybridized carbons (Fsp3) is 0.412. The highest BCUT2D eigenvalue weighted by Gasteiger charge is 2.24. The molecule has 2 aromatic rings. The maximum absolute atomic E-state index is 12.8. The highest BCUT2D eigenvalue weighted by atomic mass is 16.5. The first-order valence-electron chi connectivity index (χ1n) is 7.60. The summed E-state index contributed by atoms with van der Waals surface area (Å²) < 4.78 is 5.17. The predicted molar refractivity (Wildman–Crippen MR) is 86.4 cm³/mol. The molecule has 3 rings (SSSR count). The summed E-state index contributed by atoms with van der Waals surface area (Å²) in [6.07, 6.45) is 1.29. The summed E-state index contributed by atoms with van der Waals surface area (Å²) in [5, 5.41) is 3.94. The molecule has 0 aliphatic carbocycles. The van der Waals surface area contributed by atoms with E-state index < -0.39 is 0 Å². The van der Waals surface area contributed by atoms with Crippen LogP contribution in [0.3, 0.4) is 0 Å². The summed E-state index contributed by atoms with van der Waals surface area (Å²) in [6, 6.07) is 8.07. The van der Waals surface area contributed by atoms with Gasteiger partial charge in [0.2, 0.25) is 5.91 Å². The van der Waals surface area contributed by atoms with E-state index >= 15 is 0 Å². The van der Waals surface area contributed by atoms with E-state index in [9.17, 15) is 4.79 Å². The number of hydrogen-bond acceptors (Lipinski definition) is 4. The standard InChI is InChI=1S/C17H21N3O2/c1-12-14(13(2)22-18-12)11-17(21)20-10-6-9-19(3)15-7-4-5-8-16(15)20/h4-5,7-8H,6,9-11H2,1-3H3. The van der Waals surface area contributed by atoms with Gasteiger partial charge in [-0.3, -0.25) is 4.79 Å². The SMILES string of the molecule is Cc1noc(C)c1CC(=O)N1CCCN(C)c2ccccc21. The van der Waals surface area contributed by atoms with Crippen molar-refractivity contribution in [3.05, 3.63) is 41.3 Å². The minimum atomic E-state index is 0.0946. The van der Waals surface area contributed by atoms with Gasteiger partial charge in [0.1, 0.15) is 5.76 Å². The Balaban J connectivity index is 1.91. The van der Waals surface area contributed by atoms with Gasteiger partial charge in [-0.2, -0.15) is 0 Å². The lowest BCUT2D eigenvalue weighted by atomic mass is 10.1. The van der Waals surface area contributed by atoms with Crippen molar-refractivity contribution in [2.24, 2.45) is 0 Å². The molecule has 1 aromatic heterocycles. The van der Waals surface area contributed by atoms with Gasteiger partial charge in [0.05, 0.1) is 23.5 Å². The van der Waals surface area contributed by atoms with Crippen LogP contribution in [0.15, 0.2) is 28.8 Å². The van der Waals surface area contributed by atoms with E-state index in [1.807, 2.05) is 36.9 Å². The molecule has 0 saturated heterocycles. The van der Waals surface area contributed by atoms with Crippen LogP contribution < -0.4 is 9.80 Å². The van der Waals surface area contributed by atoms with Gasteiger partial charge in [-0.05, 0) is 32.4 Å². The van der Waals surface area contributed by atoms with Crippen molar-refractivity contribution < 1.29 is 9.32 Å². The molecule has 0 spiro atoms. The number of anilines is 2. The quantitative estimate of drug-likeness (QED) is 0.855. The zero-order valence-corrected chi connectivity index (χ0v) is 13.3. The molecule has 0 saturated carbocycles. The van der Waals surface area contributed by atoms with Crippen LogP contribution in [-0.4, -0.2) is 31.2 Å². The number of carbonyl (C=O) groups excluding carboxylic acids is 1. The second-order valence-electron chi connectivity index (χ2n) is 5.79. The number of nitrogens with zero attached hydrogens (tertiary/aromatic N) is 3. The Hall–Kier alpha value is -2.30. The fourth-order valence-electron chi connectivity index (χ4n) is 2.98. The molecule has 0 fully saturated rings. The number of aromatic nitrogens is 1. The summed E-state index contributed by atoms with van der Waals surface area (Å²) >= 11 is 0. The number of amides is 1. The van der Waals surface area contributed by atoms with Crippen LogP contribution in [-0.2, 0) is 11.2 Å². The van der Waals surface area contributed by atoms with Gasteiger partial charge in [-0.25, -0.2) is 0 Å². The van der Waals surface area contributed by atoms with Gasteiger partial charge in [0, 0.05) is 25.7 Å².